The van der Waals surface area contributed by atoms with Crippen LogP contribution in [0.15, 0.2) is 12.1 Å². The molecule has 1 fully saturated rings. The maximum atomic E-state index is 11.5. The predicted octanol–water partition coefficient (Wildman–Crippen LogP) is 2.35. The summed E-state index contributed by atoms with van der Waals surface area (Å²) >= 11 is 5.96. The van der Waals surface area contributed by atoms with E-state index in [9.17, 15) is 8.42 Å². The summed E-state index contributed by atoms with van der Waals surface area (Å²) in [6, 6.07) is 3.98. The van der Waals surface area contributed by atoms with Crippen LogP contribution >= 0.6 is 11.6 Å². The van der Waals surface area contributed by atoms with Gasteiger partial charge in [-0.2, -0.15) is 0 Å². The number of hydrogen-bond donors (Lipinski definition) is 0. The van der Waals surface area contributed by atoms with Gasteiger partial charge < -0.3 is 4.90 Å². The van der Waals surface area contributed by atoms with Crippen molar-refractivity contribution in [2.45, 2.75) is 32.1 Å². The van der Waals surface area contributed by atoms with E-state index in [-0.39, 0.29) is 16.9 Å². The first-order valence-electron chi connectivity index (χ1n) is 6.74. The van der Waals surface area contributed by atoms with E-state index in [0.29, 0.717) is 19.0 Å². The van der Waals surface area contributed by atoms with Crippen LogP contribution in [0.1, 0.15) is 32.0 Å². The van der Waals surface area contributed by atoms with E-state index in [0.717, 1.165) is 17.1 Å². The molecule has 1 aliphatic rings. The summed E-state index contributed by atoms with van der Waals surface area (Å²) < 4.78 is 23.0. The summed E-state index contributed by atoms with van der Waals surface area (Å²) in [5, 5.41) is 0. The third-order valence-electron chi connectivity index (χ3n) is 3.46. The van der Waals surface area contributed by atoms with Crippen LogP contribution in [0.2, 0.25) is 0 Å². The number of pyridine rings is 1. The minimum Gasteiger partial charge on any atom is -0.355 e. The molecular weight excluding hydrogens is 296 g/mol. The van der Waals surface area contributed by atoms with Crippen LogP contribution in [0.25, 0.3) is 0 Å². The Balaban J connectivity index is 2.32. The monoisotopic (exact) mass is 316 g/mol. The molecule has 1 aromatic rings. The zero-order valence-electron chi connectivity index (χ0n) is 12.2. The number of anilines is 1. The van der Waals surface area contributed by atoms with Gasteiger partial charge >= 0.3 is 0 Å². The van der Waals surface area contributed by atoms with Gasteiger partial charge in [0.15, 0.2) is 9.84 Å². The van der Waals surface area contributed by atoms with Crippen molar-refractivity contribution in [3.05, 3.63) is 23.4 Å². The van der Waals surface area contributed by atoms with E-state index in [2.05, 4.69) is 20.8 Å². The lowest BCUT2D eigenvalue weighted by Gasteiger charge is -2.29. The summed E-state index contributed by atoms with van der Waals surface area (Å²) in [7, 11) is -2.87. The van der Waals surface area contributed by atoms with Crippen molar-refractivity contribution >= 4 is 27.3 Å². The lowest BCUT2D eigenvalue weighted by molar-refractivity contribution is 0.565. The molecule has 0 N–H and O–H groups in total. The zero-order chi connectivity index (χ0) is 15.0. The number of rotatable bonds is 2. The molecule has 0 spiro atoms. The second kappa shape index (κ2) is 5.53. The Morgan fingerprint density at radius 3 is 2.35 bits per heavy atom. The van der Waals surface area contributed by atoms with Crippen LogP contribution < -0.4 is 4.90 Å². The first-order valence-corrected chi connectivity index (χ1v) is 9.10. The first-order chi connectivity index (χ1) is 9.21. The minimum absolute atomic E-state index is 0.0569. The third kappa shape index (κ3) is 3.64. The molecule has 4 nitrogen and oxygen atoms in total. The summed E-state index contributed by atoms with van der Waals surface area (Å²) in [6.45, 7) is 7.34. The fraction of sp³-hybridized carbons (Fsp3) is 0.643. The Bertz CT molecular complexity index is 580. The molecule has 2 heterocycles. The Kier molecular flexibility index (Phi) is 4.30. The molecule has 0 aromatic carbocycles. The Morgan fingerprint density at radius 2 is 1.85 bits per heavy atom. The van der Waals surface area contributed by atoms with Crippen molar-refractivity contribution in [2.24, 2.45) is 0 Å². The van der Waals surface area contributed by atoms with Gasteiger partial charge in [-0.1, -0.05) is 20.8 Å². The van der Waals surface area contributed by atoms with Crippen LogP contribution in [0.4, 0.5) is 5.82 Å². The van der Waals surface area contributed by atoms with Crippen molar-refractivity contribution in [3.63, 3.8) is 0 Å². The molecule has 2 rings (SSSR count). The van der Waals surface area contributed by atoms with Gasteiger partial charge in [0.2, 0.25) is 0 Å². The highest BCUT2D eigenvalue weighted by atomic mass is 35.5. The third-order valence-corrected chi connectivity index (χ3v) is 5.38. The fourth-order valence-electron chi connectivity index (χ4n) is 2.14. The average molecular weight is 317 g/mol. The van der Waals surface area contributed by atoms with Gasteiger partial charge in [-0.25, -0.2) is 13.4 Å². The molecule has 0 amide bonds. The highest BCUT2D eigenvalue weighted by molar-refractivity contribution is 7.91. The quantitative estimate of drug-likeness (QED) is 0.786. The van der Waals surface area contributed by atoms with Gasteiger partial charge in [-0.05, 0) is 17.7 Å². The largest absolute Gasteiger partial charge is 0.355 e. The predicted molar refractivity (Wildman–Crippen MR) is 83.4 cm³/mol. The molecule has 0 radical (unpaired) electrons. The van der Waals surface area contributed by atoms with Crippen LogP contribution in [0, 0.1) is 0 Å². The van der Waals surface area contributed by atoms with Crippen molar-refractivity contribution in [3.8, 4) is 0 Å². The topological polar surface area (TPSA) is 50.3 Å². The van der Waals surface area contributed by atoms with E-state index < -0.39 is 9.84 Å². The van der Waals surface area contributed by atoms with Crippen molar-refractivity contribution < 1.29 is 8.42 Å². The maximum Gasteiger partial charge on any atom is 0.153 e. The molecule has 0 atom stereocenters. The molecule has 112 valence electrons. The lowest BCUT2D eigenvalue weighted by atomic mass is 9.91. The lowest BCUT2D eigenvalue weighted by Crippen LogP contribution is -2.41. The Hall–Kier alpha value is -0.810. The molecule has 0 unspecified atom stereocenters. The Labute approximate surface area is 126 Å². The summed E-state index contributed by atoms with van der Waals surface area (Å²) in [5.41, 5.74) is 1.95. The summed E-state index contributed by atoms with van der Waals surface area (Å²) in [6.07, 6.45) is 0. The number of hydrogen-bond acceptors (Lipinski definition) is 4. The SMILES string of the molecule is CC(C)(C)c1cc(CCl)cc(N2CCS(=O)(=O)CC2)n1. The van der Waals surface area contributed by atoms with E-state index in [1.807, 2.05) is 17.0 Å². The molecule has 1 aromatic heterocycles. The molecule has 0 saturated carbocycles. The van der Waals surface area contributed by atoms with Gasteiger partial charge in [0.1, 0.15) is 5.82 Å². The normalized spacial score (nSPS) is 19.1. The molecule has 1 aliphatic heterocycles. The van der Waals surface area contributed by atoms with Crippen molar-refractivity contribution in [1.29, 1.82) is 0 Å². The van der Waals surface area contributed by atoms with Crippen LogP contribution in [0.3, 0.4) is 0 Å². The average Bonchev–Trinajstić information content (AvgIpc) is 2.37. The maximum absolute atomic E-state index is 11.5. The summed E-state index contributed by atoms with van der Waals surface area (Å²) in [5.74, 6) is 1.67. The van der Waals surface area contributed by atoms with Gasteiger partial charge in [0.05, 0.1) is 11.5 Å². The zero-order valence-corrected chi connectivity index (χ0v) is 13.8. The number of sulfone groups is 1. The highest BCUT2D eigenvalue weighted by Gasteiger charge is 2.24. The van der Waals surface area contributed by atoms with E-state index in [1.54, 1.807) is 0 Å². The molecule has 20 heavy (non-hydrogen) atoms. The molecule has 0 bridgehead atoms. The van der Waals surface area contributed by atoms with E-state index >= 15 is 0 Å². The standard InChI is InChI=1S/C14H21ClN2O2S/c1-14(2,3)12-8-11(10-15)9-13(16-12)17-4-6-20(18,19)7-5-17/h8-9H,4-7,10H2,1-3H3. The molecular formula is C14H21ClN2O2S. The minimum atomic E-state index is -2.87. The van der Waals surface area contributed by atoms with Crippen molar-refractivity contribution in [1.82, 2.24) is 4.98 Å². The molecule has 6 heteroatoms. The van der Waals surface area contributed by atoms with Gasteiger partial charge in [0.25, 0.3) is 0 Å². The number of nitrogens with zero attached hydrogens (tertiary/aromatic N) is 2. The van der Waals surface area contributed by atoms with Crippen LogP contribution in [0.5, 0.6) is 0 Å². The van der Waals surface area contributed by atoms with E-state index in [1.165, 1.54) is 0 Å². The number of halogens is 1. The van der Waals surface area contributed by atoms with Crippen molar-refractivity contribution in [2.75, 3.05) is 29.5 Å². The smallest absolute Gasteiger partial charge is 0.153 e. The highest BCUT2D eigenvalue weighted by Crippen LogP contribution is 2.26. The first kappa shape index (κ1) is 15.6. The molecule has 0 aliphatic carbocycles. The van der Waals surface area contributed by atoms with Crippen LogP contribution in [-0.4, -0.2) is 38.0 Å². The second-order valence-electron chi connectivity index (χ2n) is 6.24. The van der Waals surface area contributed by atoms with Gasteiger partial charge in [0, 0.05) is 30.1 Å². The molecule has 1 saturated heterocycles. The van der Waals surface area contributed by atoms with Crippen LogP contribution in [-0.2, 0) is 21.1 Å². The second-order valence-corrected chi connectivity index (χ2v) is 8.81. The fourth-order valence-corrected chi connectivity index (χ4v) is 3.49. The Morgan fingerprint density at radius 1 is 1.25 bits per heavy atom. The number of alkyl halides is 1. The van der Waals surface area contributed by atoms with E-state index in [4.69, 9.17) is 16.6 Å². The number of aromatic nitrogens is 1. The van der Waals surface area contributed by atoms with Gasteiger partial charge in [-0.3, -0.25) is 0 Å². The van der Waals surface area contributed by atoms with Gasteiger partial charge in [-0.15, -0.1) is 11.6 Å². The summed E-state index contributed by atoms with van der Waals surface area (Å²) in [4.78, 5) is 6.73.